The van der Waals surface area contributed by atoms with Crippen LogP contribution in [0.5, 0.6) is 11.5 Å². The van der Waals surface area contributed by atoms with Crippen LogP contribution in [0.2, 0.25) is 0 Å². The average molecular weight is 549 g/mol. The Kier molecular flexibility index (Phi) is 9.05. The van der Waals surface area contributed by atoms with Gasteiger partial charge in [-0.15, -0.1) is 11.8 Å². The molecule has 2 saturated heterocycles. The van der Waals surface area contributed by atoms with Gasteiger partial charge in [-0.05, 0) is 42.5 Å². The normalized spacial score (nSPS) is 21.0. The molecule has 2 heterocycles. The van der Waals surface area contributed by atoms with Gasteiger partial charge in [0.1, 0.15) is 0 Å². The summed E-state index contributed by atoms with van der Waals surface area (Å²) in [6.07, 6.45) is 1.08. The number of hydrogen-bond donors (Lipinski definition) is 0. The molecule has 0 saturated carbocycles. The van der Waals surface area contributed by atoms with Crippen LogP contribution >= 0.6 is 11.8 Å². The van der Waals surface area contributed by atoms with E-state index in [1.54, 1.807) is 32.4 Å². The number of morpholine rings is 1. The number of thioether (sulfide) groups is 1. The van der Waals surface area contributed by atoms with Crippen LogP contribution in [0.1, 0.15) is 36.2 Å². The first-order valence-electron chi connectivity index (χ1n) is 12.6. The Labute approximate surface area is 224 Å². The highest BCUT2D eigenvalue weighted by Crippen LogP contribution is 2.37. The Bertz CT molecular complexity index is 1200. The van der Waals surface area contributed by atoms with Crippen molar-refractivity contribution in [2.45, 2.75) is 35.8 Å². The number of para-hydroxylation sites is 1. The summed E-state index contributed by atoms with van der Waals surface area (Å²) in [4.78, 5) is 16.6. The predicted molar refractivity (Wildman–Crippen MR) is 144 cm³/mol. The number of likely N-dealkylation sites (tertiary alicyclic amines) is 1. The zero-order chi connectivity index (χ0) is 26.6. The highest BCUT2D eigenvalue weighted by Gasteiger charge is 2.31. The Balaban J connectivity index is 1.68. The lowest BCUT2D eigenvalue weighted by Gasteiger charge is -2.35. The fraction of sp³-hybridized carbons (Fsp3) is 0.519. The van der Waals surface area contributed by atoms with Crippen LogP contribution in [0.3, 0.4) is 0 Å². The van der Waals surface area contributed by atoms with E-state index in [9.17, 15) is 13.2 Å². The molecule has 0 aromatic heterocycles. The quantitative estimate of drug-likeness (QED) is 0.459. The first kappa shape index (κ1) is 27.8. The molecule has 0 aliphatic carbocycles. The van der Waals surface area contributed by atoms with Gasteiger partial charge in [0.15, 0.2) is 11.5 Å². The summed E-state index contributed by atoms with van der Waals surface area (Å²) in [5, 5.41) is 0. The minimum absolute atomic E-state index is 0.127. The summed E-state index contributed by atoms with van der Waals surface area (Å²) < 4.78 is 44.6. The number of rotatable bonds is 8. The van der Waals surface area contributed by atoms with Gasteiger partial charge in [0, 0.05) is 42.4 Å². The number of hydrogen-bond acceptors (Lipinski definition) is 7. The van der Waals surface area contributed by atoms with Gasteiger partial charge < -0.3 is 19.1 Å². The van der Waals surface area contributed by atoms with Crippen LogP contribution in [0.15, 0.2) is 46.2 Å². The number of benzene rings is 2. The van der Waals surface area contributed by atoms with Gasteiger partial charge in [-0.3, -0.25) is 4.79 Å². The second-order valence-corrected chi connectivity index (χ2v) is 12.7. The molecule has 2 fully saturated rings. The minimum Gasteiger partial charge on any atom is -0.493 e. The Morgan fingerprint density at radius 2 is 1.76 bits per heavy atom. The third kappa shape index (κ3) is 6.25. The van der Waals surface area contributed by atoms with Crippen LogP contribution < -0.4 is 9.47 Å². The number of piperidine rings is 1. The molecule has 0 N–H and O–H groups in total. The molecule has 37 heavy (non-hydrogen) atoms. The van der Waals surface area contributed by atoms with E-state index in [2.05, 4.69) is 13.8 Å². The van der Waals surface area contributed by atoms with Gasteiger partial charge in [0.25, 0.3) is 5.91 Å². The maximum Gasteiger partial charge on any atom is 0.255 e. The van der Waals surface area contributed by atoms with Crippen molar-refractivity contribution >= 4 is 27.7 Å². The van der Waals surface area contributed by atoms with Gasteiger partial charge >= 0.3 is 0 Å². The maximum atomic E-state index is 13.8. The molecule has 2 unspecified atom stereocenters. The number of carbonyl (C=O) groups is 1. The number of nitrogens with zero attached hydrogens (tertiary/aromatic N) is 2. The monoisotopic (exact) mass is 548 g/mol. The molecule has 2 aliphatic rings. The van der Waals surface area contributed by atoms with Crippen LogP contribution in [-0.2, 0) is 20.5 Å². The molecule has 1 amide bonds. The van der Waals surface area contributed by atoms with Gasteiger partial charge in [-0.2, -0.15) is 4.31 Å². The summed E-state index contributed by atoms with van der Waals surface area (Å²) in [5.74, 6) is 2.48. The van der Waals surface area contributed by atoms with Gasteiger partial charge in [-0.25, -0.2) is 8.42 Å². The second-order valence-electron chi connectivity index (χ2n) is 9.77. The molecule has 0 bridgehead atoms. The van der Waals surface area contributed by atoms with Crippen molar-refractivity contribution in [2.24, 2.45) is 11.8 Å². The number of methoxy groups -OCH3 is 2. The Morgan fingerprint density at radius 1 is 1.05 bits per heavy atom. The highest BCUT2D eigenvalue weighted by molar-refractivity contribution is 7.98. The molecular formula is C27H36N2O6S2. The van der Waals surface area contributed by atoms with Crippen LogP contribution in [-0.4, -0.2) is 77.1 Å². The highest BCUT2D eigenvalue weighted by atomic mass is 32.2. The molecule has 8 nitrogen and oxygen atoms in total. The van der Waals surface area contributed by atoms with E-state index in [1.807, 2.05) is 23.1 Å². The second kappa shape index (κ2) is 12.1. The molecule has 2 aliphatic heterocycles. The van der Waals surface area contributed by atoms with Crippen LogP contribution in [0.25, 0.3) is 0 Å². The molecule has 0 radical (unpaired) electrons. The largest absolute Gasteiger partial charge is 0.493 e. The zero-order valence-corrected chi connectivity index (χ0v) is 23.6. The lowest BCUT2D eigenvalue weighted by molar-refractivity contribution is 0.0619. The van der Waals surface area contributed by atoms with Crippen LogP contribution in [0.4, 0.5) is 0 Å². The van der Waals surface area contributed by atoms with Crippen molar-refractivity contribution in [3.63, 3.8) is 0 Å². The molecule has 0 spiro atoms. The Morgan fingerprint density at radius 3 is 2.41 bits per heavy atom. The Hall–Kier alpha value is -2.27. The van der Waals surface area contributed by atoms with Crippen molar-refractivity contribution in [1.82, 2.24) is 9.21 Å². The van der Waals surface area contributed by atoms with Crippen molar-refractivity contribution in [3.05, 3.63) is 47.5 Å². The topological polar surface area (TPSA) is 85.4 Å². The molecule has 2 aromatic rings. The van der Waals surface area contributed by atoms with Gasteiger partial charge in [0.05, 0.1) is 37.9 Å². The van der Waals surface area contributed by atoms with Crippen molar-refractivity contribution < 1.29 is 27.4 Å². The summed E-state index contributed by atoms with van der Waals surface area (Å²) in [5.41, 5.74) is 1.35. The predicted octanol–water partition coefficient (Wildman–Crippen LogP) is 4.14. The summed E-state index contributed by atoms with van der Waals surface area (Å²) in [7, 11) is -0.538. The van der Waals surface area contributed by atoms with E-state index in [0.29, 0.717) is 74.0 Å². The first-order valence-corrected chi connectivity index (χ1v) is 15.0. The average Bonchev–Trinajstić information content (AvgIpc) is 2.91. The summed E-state index contributed by atoms with van der Waals surface area (Å²) in [6.45, 7) is 6.97. The number of carbonyl (C=O) groups excluding carboxylic acids is 1. The van der Waals surface area contributed by atoms with E-state index < -0.39 is 10.0 Å². The third-order valence-corrected chi connectivity index (χ3v) is 9.83. The fourth-order valence-corrected chi connectivity index (χ4v) is 7.56. The van der Waals surface area contributed by atoms with Crippen molar-refractivity contribution in [1.29, 1.82) is 0 Å². The summed E-state index contributed by atoms with van der Waals surface area (Å²) >= 11 is 1.49. The number of ether oxygens (including phenoxy) is 3. The zero-order valence-electron chi connectivity index (χ0n) is 21.9. The van der Waals surface area contributed by atoms with E-state index in [0.717, 1.165) is 16.9 Å². The number of amides is 1. The van der Waals surface area contributed by atoms with Gasteiger partial charge in [0.2, 0.25) is 10.0 Å². The molecule has 2 atom stereocenters. The van der Waals surface area contributed by atoms with Crippen molar-refractivity contribution in [3.8, 4) is 11.5 Å². The SMILES string of the molecule is COc1cccc(CSc2ccc(S(=O)(=O)N3CCOCC3)cc2C(=O)N2CC(C)CC(C)C2)c1OC. The molecular weight excluding hydrogens is 512 g/mol. The van der Waals surface area contributed by atoms with Crippen molar-refractivity contribution in [2.75, 3.05) is 53.6 Å². The molecule has 4 rings (SSSR count). The minimum atomic E-state index is -3.74. The lowest BCUT2D eigenvalue weighted by atomic mass is 9.91. The van der Waals surface area contributed by atoms with E-state index in [-0.39, 0.29) is 10.8 Å². The van der Waals surface area contributed by atoms with Gasteiger partial charge in [-0.1, -0.05) is 26.0 Å². The maximum absolute atomic E-state index is 13.8. The number of sulfonamides is 1. The molecule has 202 valence electrons. The molecule has 10 heteroatoms. The van der Waals surface area contributed by atoms with E-state index in [1.165, 1.54) is 16.1 Å². The third-order valence-electron chi connectivity index (χ3n) is 6.81. The standard InChI is InChI=1S/C27H36N2O6S2/c1-19-14-20(2)17-28(16-19)27(30)23-15-22(37(31,32)29-10-12-35-13-11-29)8-9-25(23)36-18-21-6-5-7-24(33-3)26(21)34-4/h5-9,15,19-20H,10-14,16-18H2,1-4H3. The first-order chi connectivity index (χ1) is 17.7. The smallest absolute Gasteiger partial charge is 0.255 e. The summed E-state index contributed by atoms with van der Waals surface area (Å²) in [6, 6.07) is 10.6. The fourth-order valence-electron chi connectivity index (χ4n) is 5.12. The van der Waals surface area contributed by atoms with E-state index in [4.69, 9.17) is 14.2 Å². The van der Waals surface area contributed by atoms with E-state index >= 15 is 0 Å². The molecule has 2 aromatic carbocycles. The van der Waals surface area contributed by atoms with Crippen LogP contribution in [0, 0.1) is 11.8 Å². The lowest BCUT2D eigenvalue weighted by Crippen LogP contribution is -2.43.